The Labute approximate surface area is 190 Å². The van der Waals surface area contributed by atoms with E-state index >= 15 is 0 Å². The molecule has 170 valence electrons. The lowest BCUT2D eigenvalue weighted by Gasteiger charge is -2.34. The summed E-state index contributed by atoms with van der Waals surface area (Å²) >= 11 is 6.25. The number of hydrogen-bond donors (Lipinski definition) is 1. The van der Waals surface area contributed by atoms with Crippen LogP contribution in [0.5, 0.6) is 11.5 Å². The number of nitrogens with zero attached hydrogens (tertiary/aromatic N) is 2. The SMILES string of the molecule is COc1ccc(C(=O)N2CCN(S(=O)(=O)c3cc4c(cc3Cl)NC(=O)C(C)O4)CC2)cc1. The molecule has 0 radical (unpaired) electrons. The molecular weight excluding hydrogens is 458 g/mol. The molecule has 0 bridgehead atoms. The third kappa shape index (κ3) is 4.13. The average molecular weight is 480 g/mol. The van der Waals surface area contributed by atoms with Crippen LogP contribution in [0.15, 0.2) is 41.3 Å². The van der Waals surface area contributed by atoms with E-state index in [4.69, 9.17) is 21.1 Å². The van der Waals surface area contributed by atoms with Crippen molar-refractivity contribution in [2.24, 2.45) is 0 Å². The van der Waals surface area contributed by atoms with Gasteiger partial charge in [-0.3, -0.25) is 9.59 Å². The average Bonchev–Trinajstić information content (AvgIpc) is 2.79. The Kier molecular flexibility index (Phi) is 6.02. The summed E-state index contributed by atoms with van der Waals surface area (Å²) in [7, 11) is -2.38. The highest BCUT2D eigenvalue weighted by atomic mass is 35.5. The number of amides is 2. The highest BCUT2D eigenvalue weighted by Crippen LogP contribution is 2.38. The molecule has 1 fully saturated rings. The van der Waals surface area contributed by atoms with Crippen LogP contribution in [-0.4, -0.2) is 68.8 Å². The summed E-state index contributed by atoms with van der Waals surface area (Å²) in [5, 5.41) is 2.63. The molecule has 2 heterocycles. The monoisotopic (exact) mass is 479 g/mol. The number of benzene rings is 2. The van der Waals surface area contributed by atoms with Crippen LogP contribution in [0.4, 0.5) is 5.69 Å². The summed E-state index contributed by atoms with van der Waals surface area (Å²) in [6.45, 7) is 2.32. The molecular formula is C21H22ClN3O6S. The number of anilines is 1. The van der Waals surface area contributed by atoms with Gasteiger partial charge in [0.2, 0.25) is 10.0 Å². The van der Waals surface area contributed by atoms with E-state index < -0.39 is 16.1 Å². The first-order valence-electron chi connectivity index (χ1n) is 9.95. The minimum atomic E-state index is -3.93. The quantitative estimate of drug-likeness (QED) is 0.720. The molecule has 2 aromatic carbocycles. The van der Waals surface area contributed by atoms with Gasteiger partial charge in [-0.25, -0.2) is 8.42 Å². The van der Waals surface area contributed by atoms with Gasteiger partial charge in [0, 0.05) is 37.8 Å². The summed E-state index contributed by atoms with van der Waals surface area (Å²) in [4.78, 5) is 26.0. The second kappa shape index (κ2) is 8.61. The number of carbonyl (C=O) groups is 2. The zero-order chi connectivity index (χ0) is 23.0. The molecule has 0 saturated carbocycles. The van der Waals surface area contributed by atoms with Crippen molar-refractivity contribution in [1.29, 1.82) is 0 Å². The second-order valence-electron chi connectivity index (χ2n) is 7.45. The number of halogens is 1. The summed E-state index contributed by atoms with van der Waals surface area (Å²) in [6, 6.07) is 9.47. The predicted molar refractivity (Wildman–Crippen MR) is 118 cm³/mol. The molecule has 2 aromatic rings. The lowest BCUT2D eigenvalue weighted by atomic mass is 10.2. The Morgan fingerprint density at radius 1 is 1.16 bits per heavy atom. The minimum Gasteiger partial charge on any atom is -0.497 e. The third-order valence-electron chi connectivity index (χ3n) is 5.45. The summed E-state index contributed by atoms with van der Waals surface area (Å²) < 4.78 is 38.4. The van der Waals surface area contributed by atoms with Crippen LogP contribution in [0.3, 0.4) is 0 Å². The van der Waals surface area contributed by atoms with Crippen LogP contribution in [0, 0.1) is 0 Å². The predicted octanol–water partition coefficient (Wildman–Crippen LogP) is 2.21. The van der Waals surface area contributed by atoms with E-state index in [0.717, 1.165) is 0 Å². The molecule has 1 unspecified atom stereocenters. The van der Waals surface area contributed by atoms with E-state index in [-0.39, 0.29) is 53.7 Å². The fourth-order valence-electron chi connectivity index (χ4n) is 3.59. The number of hydrogen-bond acceptors (Lipinski definition) is 6. The van der Waals surface area contributed by atoms with Gasteiger partial charge in [-0.05, 0) is 37.3 Å². The van der Waals surface area contributed by atoms with E-state index in [1.54, 1.807) is 43.2 Å². The van der Waals surface area contributed by atoms with Crippen LogP contribution in [0.2, 0.25) is 5.02 Å². The van der Waals surface area contributed by atoms with Crippen molar-refractivity contribution in [3.05, 3.63) is 47.0 Å². The number of ether oxygens (including phenoxy) is 2. The molecule has 9 nitrogen and oxygen atoms in total. The van der Waals surface area contributed by atoms with Crippen molar-refractivity contribution in [2.75, 3.05) is 38.6 Å². The Bertz CT molecular complexity index is 1160. The molecule has 2 amide bonds. The number of methoxy groups -OCH3 is 1. The number of carbonyl (C=O) groups excluding carboxylic acids is 2. The van der Waals surface area contributed by atoms with Gasteiger partial charge in [-0.2, -0.15) is 4.31 Å². The van der Waals surface area contributed by atoms with Gasteiger partial charge in [0.05, 0.1) is 17.8 Å². The van der Waals surface area contributed by atoms with Crippen molar-refractivity contribution in [3.63, 3.8) is 0 Å². The number of fused-ring (bicyclic) bond motifs is 1. The maximum absolute atomic E-state index is 13.2. The van der Waals surface area contributed by atoms with Crippen molar-refractivity contribution in [2.45, 2.75) is 17.9 Å². The summed E-state index contributed by atoms with van der Waals surface area (Å²) in [6.07, 6.45) is -0.744. The van der Waals surface area contributed by atoms with E-state index in [1.165, 1.54) is 16.4 Å². The molecule has 2 aliphatic heterocycles. The van der Waals surface area contributed by atoms with Crippen molar-refractivity contribution < 1.29 is 27.5 Å². The fourth-order valence-corrected chi connectivity index (χ4v) is 5.53. The van der Waals surface area contributed by atoms with Gasteiger partial charge in [-0.15, -0.1) is 0 Å². The van der Waals surface area contributed by atoms with Crippen LogP contribution in [0.25, 0.3) is 0 Å². The molecule has 1 atom stereocenters. The number of nitrogens with one attached hydrogen (secondary N) is 1. The second-order valence-corrected chi connectivity index (χ2v) is 9.77. The highest BCUT2D eigenvalue weighted by Gasteiger charge is 2.34. The number of piperazine rings is 1. The molecule has 1 saturated heterocycles. The largest absolute Gasteiger partial charge is 0.497 e. The molecule has 32 heavy (non-hydrogen) atoms. The Balaban J connectivity index is 1.49. The molecule has 0 aliphatic carbocycles. The van der Waals surface area contributed by atoms with Gasteiger partial charge in [0.25, 0.3) is 11.8 Å². The summed E-state index contributed by atoms with van der Waals surface area (Å²) in [5.41, 5.74) is 0.833. The topological polar surface area (TPSA) is 105 Å². The van der Waals surface area contributed by atoms with E-state index in [1.807, 2.05) is 0 Å². The highest BCUT2D eigenvalue weighted by molar-refractivity contribution is 7.89. The Morgan fingerprint density at radius 3 is 2.44 bits per heavy atom. The first kappa shape index (κ1) is 22.4. The lowest BCUT2D eigenvalue weighted by Crippen LogP contribution is -2.50. The van der Waals surface area contributed by atoms with Gasteiger partial charge in [-0.1, -0.05) is 11.6 Å². The summed E-state index contributed by atoms with van der Waals surface area (Å²) in [5.74, 6) is 0.391. The minimum absolute atomic E-state index is 0.0149. The molecule has 0 spiro atoms. The molecule has 11 heteroatoms. The maximum Gasteiger partial charge on any atom is 0.265 e. The standard InChI is InChI=1S/C21H22ClN3O6S/c1-13-20(26)23-17-11-16(22)19(12-18(17)31-13)32(28,29)25-9-7-24(8-10-25)21(27)14-3-5-15(30-2)6-4-14/h3-6,11-13H,7-10H2,1-2H3,(H,23,26). The molecule has 0 aromatic heterocycles. The van der Waals surface area contributed by atoms with Gasteiger partial charge >= 0.3 is 0 Å². The van der Waals surface area contributed by atoms with Crippen molar-refractivity contribution >= 4 is 39.1 Å². The molecule has 2 aliphatic rings. The van der Waals surface area contributed by atoms with Gasteiger partial charge < -0.3 is 19.7 Å². The smallest absolute Gasteiger partial charge is 0.265 e. The Hall–Kier alpha value is -2.82. The van der Waals surface area contributed by atoms with Crippen LogP contribution in [-0.2, 0) is 14.8 Å². The van der Waals surface area contributed by atoms with Crippen LogP contribution < -0.4 is 14.8 Å². The van der Waals surface area contributed by atoms with Gasteiger partial charge in [0.15, 0.2) is 6.10 Å². The van der Waals surface area contributed by atoms with Gasteiger partial charge in [0.1, 0.15) is 16.4 Å². The first-order chi connectivity index (χ1) is 15.2. The molecule has 4 rings (SSSR count). The fraction of sp³-hybridized carbons (Fsp3) is 0.333. The van der Waals surface area contributed by atoms with E-state index in [2.05, 4.69) is 5.32 Å². The third-order valence-corrected chi connectivity index (χ3v) is 7.81. The molecule has 1 N–H and O–H groups in total. The number of rotatable bonds is 4. The van der Waals surface area contributed by atoms with Crippen LogP contribution in [0.1, 0.15) is 17.3 Å². The zero-order valence-electron chi connectivity index (χ0n) is 17.5. The first-order valence-corrected chi connectivity index (χ1v) is 11.8. The van der Waals surface area contributed by atoms with E-state index in [0.29, 0.717) is 17.0 Å². The maximum atomic E-state index is 13.2. The number of sulfonamides is 1. The van der Waals surface area contributed by atoms with Crippen molar-refractivity contribution in [1.82, 2.24) is 9.21 Å². The van der Waals surface area contributed by atoms with Crippen molar-refractivity contribution in [3.8, 4) is 11.5 Å². The van der Waals surface area contributed by atoms with E-state index in [9.17, 15) is 18.0 Å². The Morgan fingerprint density at radius 2 is 1.81 bits per heavy atom. The zero-order valence-corrected chi connectivity index (χ0v) is 19.1. The normalized spacial score (nSPS) is 19.0. The lowest BCUT2D eigenvalue weighted by molar-refractivity contribution is -0.122. The van der Waals surface area contributed by atoms with Crippen LogP contribution >= 0.6 is 11.6 Å².